The molecule has 0 aliphatic rings. The molecule has 2 aromatic carbocycles. The van der Waals surface area contributed by atoms with Crippen molar-refractivity contribution < 1.29 is 10.2 Å². The maximum absolute atomic E-state index is 7.00. The molecule has 0 radical (unpaired) electrons. The van der Waals surface area contributed by atoms with Crippen LogP contribution in [0.3, 0.4) is 0 Å². The minimum atomic E-state index is 1.00. The molecule has 16 heavy (non-hydrogen) atoms. The van der Waals surface area contributed by atoms with Crippen molar-refractivity contribution in [3.63, 3.8) is 0 Å². The van der Waals surface area contributed by atoms with E-state index in [1.54, 1.807) is 0 Å². The summed E-state index contributed by atoms with van der Waals surface area (Å²) >= 11 is 0. The first-order chi connectivity index (χ1) is 7.92. The fourth-order valence-corrected chi connectivity index (χ4v) is 1.60. The van der Waals surface area contributed by atoms with Gasteiger partial charge in [0.05, 0.1) is 0 Å². The first kappa shape index (κ1) is 14.6. The minimum absolute atomic E-state index is 1.00. The summed E-state index contributed by atoms with van der Waals surface area (Å²) in [5.41, 5.74) is 1.44. The highest BCUT2D eigenvalue weighted by Crippen LogP contribution is 2.18. The van der Waals surface area contributed by atoms with E-state index < -0.39 is 0 Å². The maximum Gasteiger partial charge on any atom is 0.0319 e. The smallest absolute Gasteiger partial charge is 0.0319 e. The van der Waals surface area contributed by atoms with Gasteiger partial charge in [0.1, 0.15) is 0 Å². The average molecular weight is 220 g/mol. The van der Waals surface area contributed by atoms with E-state index in [1.807, 2.05) is 0 Å². The van der Waals surface area contributed by atoms with Crippen LogP contribution in [0.5, 0.6) is 0 Å². The average Bonchev–Trinajstić information content (AvgIpc) is 2.42. The van der Waals surface area contributed by atoms with Gasteiger partial charge in [-0.3, -0.25) is 0 Å². The number of rotatable bonds is 1. The SMILES string of the molecule is CCc1cccc2ccccc12.CO.CO. The molecule has 0 amide bonds. The fraction of sp³-hybridized carbons (Fsp3) is 0.286. The largest absolute Gasteiger partial charge is 0.400 e. The number of hydrogen-bond donors (Lipinski definition) is 2. The van der Waals surface area contributed by atoms with Gasteiger partial charge in [0, 0.05) is 14.2 Å². The van der Waals surface area contributed by atoms with Gasteiger partial charge in [0.25, 0.3) is 0 Å². The Bertz CT molecular complexity index is 391. The molecule has 0 saturated carbocycles. The van der Waals surface area contributed by atoms with Gasteiger partial charge in [-0.2, -0.15) is 0 Å². The van der Waals surface area contributed by atoms with Crippen molar-refractivity contribution in [3.8, 4) is 0 Å². The van der Waals surface area contributed by atoms with Crippen LogP contribution in [-0.2, 0) is 6.42 Å². The van der Waals surface area contributed by atoms with Gasteiger partial charge in [-0.25, -0.2) is 0 Å². The fourth-order valence-electron chi connectivity index (χ4n) is 1.60. The molecule has 0 spiro atoms. The van der Waals surface area contributed by atoms with Gasteiger partial charge in [0.2, 0.25) is 0 Å². The molecule has 2 heteroatoms. The quantitative estimate of drug-likeness (QED) is 0.775. The van der Waals surface area contributed by atoms with Crippen molar-refractivity contribution in [2.45, 2.75) is 13.3 Å². The van der Waals surface area contributed by atoms with E-state index >= 15 is 0 Å². The molecule has 0 atom stereocenters. The Morgan fingerprint density at radius 2 is 1.38 bits per heavy atom. The molecule has 0 fully saturated rings. The number of hydrogen-bond acceptors (Lipinski definition) is 2. The first-order valence-corrected chi connectivity index (χ1v) is 5.28. The molecule has 2 N–H and O–H groups in total. The third-order valence-electron chi connectivity index (χ3n) is 2.26. The molecule has 2 nitrogen and oxygen atoms in total. The molecular formula is C14H20O2. The van der Waals surface area contributed by atoms with E-state index in [9.17, 15) is 0 Å². The molecule has 88 valence electrons. The molecule has 2 rings (SSSR count). The Labute approximate surface area is 97.2 Å². The predicted molar refractivity (Wildman–Crippen MR) is 69.6 cm³/mol. The van der Waals surface area contributed by atoms with Crippen LogP contribution in [0, 0.1) is 0 Å². The number of aliphatic hydroxyl groups excluding tert-OH is 2. The topological polar surface area (TPSA) is 40.5 Å². The highest BCUT2D eigenvalue weighted by atomic mass is 16.2. The predicted octanol–water partition coefficient (Wildman–Crippen LogP) is 2.62. The van der Waals surface area contributed by atoms with E-state index in [0.717, 1.165) is 20.6 Å². The Balaban J connectivity index is 0.000000509. The van der Waals surface area contributed by atoms with E-state index in [-0.39, 0.29) is 0 Å². The zero-order valence-corrected chi connectivity index (χ0v) is 10.1. The molecule has 0 saturated heterocycles. The third kappa shape index (κ3) is 3.65. The summed E-state index contributed by atoms with van der Waals surface area (Å²) in [5, 5.41) is 16.7. The summed E-state index contributed by atoms with van der Waals surface area (Å²) in [6, 6.07) is 15.0. The summed E-state index contributed by atoms with van der Waals surface area (Å²) in [7, 11) is 2.00. The minimum Gasteiger partial charge on any atom is -0.400 e. The van der Waals surface area contributed by atoms with Gasteiger partial charge in [-0.05, 0) is 22.8 Å². The normalized spacial score (nSPS) is 8.56. The standard InChI is InChI=1S/C12H12.2CH4O/c1-2-10-7-5-8-11-6-3-4-9-12(10)11;2*1-2/h3-9H,2H2,1H3;2*2H,1H3. The van der Waals surface area contributed by atoms with Gasteiger partial charge in [0.15, 0.2) is 0 Å². The van der Waals surface area contributed by atoms with Gasteiger partial charge in [-0.15, -0.1) is 0 Å². The lowest BCUT2D eigenvalue weighted by atomic mass is 10.0. The van der Waals surface area contributed by atoms with Crippen molar-refractivity contribution in [2.75, 3.05) is 14.2 Å². The van der Waals surface area contributed by atoms with E-state index in [4.69, 9.17) is 10.2 Å². The van der Waals surface area contributed by atoms with Crippen molar-refractivity contribution in [2.24, 2.45) is 0 Å². The molecule has 2 aromatic rings. The summed E-state index contributed by atoms with van der Waals surface area (Å²) < 4.78 is 0. The zero-order valence-electron chi connectivity index (χ0n) is 10.1. The summed E-state index contributed by atoms with van der Waals surface area (Å²) in [6.07, 6.45) is 1.11. The van der Waals surface area contributed by atoms with E-state index in [2.05, 4.69) is 49.4 Å². The number of aliphatic hydroxyl groups is 2. The van der Waals surface area contributed by atoms with Crippen molar-refractivity contribution in [3.05, 3.63) is 48.0 Å². The molecule has 0 unspecified atom stereocenters. The number of benzene rings is 2. The molecular weight excluding hydrogens is 200 g/mol. The number of fused-ring (bicyclic) bond motifs is 1. The Hall–Kier alpha value is -1.38. The highest BCUT2D eigenvalue weighted by Gasteiger charge is 1.95. The second-order valence-corrected chi connectivity index (χ2v) is 2.99. The van der Waals surface area contributed by atoms with Crippen molar-refractivity contribution in [1.82, 2.24) is 0 Å². The van der Waals surface area contributed by atoms with Crippen LogP contribution in [-0.4, -0.2) is 24.4 Å². The second kappa shape index (κ2) is 8.89. The molecule has 0 aliphatic carbocycles. The maximum atomic E-state index is 7.00. The van der Waals surface area contributed by atoms with E-state index in [0.29, 0.717) is 0 Å². The van der Waals surface area contributed by atoms with Crippen molar-refractivity contribution in [1.29, 1.82) is 0 Å². The second-order valence-electron chi connectivity index (χ2n) is 2.99. The molecule has 0 aliphatic heterocycles. The van der Waals surface area contributed by atoms with Gasteiger partial charge >= 0.3 is 0 Å². The van der Waals surface area contributed by atoms with Crippen molar-refractivity contribution >= 4 is 10.8 Å². The molecule has 0 bridgehead atoms. The zero-order chi connectivity index (χ0) is 12.4. The lowest BCUT2D eigenvalue weighted by molar-refractivity contribution is 0.399. The summed E-state index contributed by atoms with van der Waals surface area (Å²) in [5.74, 6) is 0. The molecule has 0 heterocycles. The van der Waals surface area contributed by atoms with E-state index in [1.165, 1.54) is 16.3 Å². The van der Waals surface area contributed by atoms with Crippen LogP contribution in [0.25, 0.3) is 10.8 Å². The monoisotopic (exact) mass is 220 g/mol. The van der Waals surface area contributed by atoms with Crippen LogP contribution in [0.4, 0.5) is 0 Å². The first-order valence-electron chi connectivity index (χ1n) is 5.28. The Kier molecular flexibility index (Phi) is 8.12. The lowest BCUT2D eigenvalue weighted by Crippen LogP contribution is -1.81. The van der Waals surface area contributed by atoms with Crippen LogP contribution < -0.4 is 0 Å². The Morgan fingerprint density at radius 1 is 0.812 bits per heavy atom. The lowest BCUT2D eigenvalue weighted by Gasteiger charge is -2.02. The van der Waals surface area contributed by atoms with Gasteiger partial charge in [-0.1, -0.05) is 49.4 Å². The van der Waals surface area contributed by atoms with Crippen LogP contribution in [0.1, 0.15) is 12.5 Å². The van der Waals surface area contributed by atoms with Crippen LogP contribution >= 0.6 is 0 Å². The van der Waals surface area contributed by atoms with Crippen LogP contribution in [0.15, 0.2) is 42.5 Å². The third-order valence-corrected chi connectivity index (χ3v) is 2.26. The highest BCUT2D eigenvalue weighted by molar-refractivity contribution is 5.85. The summed E-state index contributed by atoms with van der Waals surface area (Å²) in [4.78, 5) is 0. The number of aryl methyl sites for hydroxylation is 1. The Morgan fingerprint density at radius 3 is 2.00 bits per heavy atom. The summed E-state index contributed by atoms with van der Waals surface area (Å²) in [6.45, 7) is 2.20. The molecule has 0 aromatic heterocycles. The van der Waals surface area contributed by atoms with Crippen LogP contribution in [0.2, 0.25) is 0 Å². The van der Waals surface area contributed by atoms with Gasteiger partial charge < -0.3 is 10.2 Å².